The number of benzene rings is 2. The first-order valence-corrected chi connectivity index (χ1v) is 15.2. The number of carbonyl (C=O) groups is 1. The maximum absolute atomic E-state index is 13.7. The molecular formula is C34H40N2O9. The van der Waals surface area contributed by atoms with Gasteiger partial charge < -0.3 is 43.5 Å². The number of nitrogens with one attached hydrogen (secondary N) is 2. The number of aliphatic hydroxyl groups excluding tert-OH is 1. The van der Waals surface area contributed by atoms with E-state index in [-0.39, 0.29) is 30.3 Å². The standard InChI is InChI=1S/C34H40N2O9/c1-3-43-34-24(11-14-41-16-17-42-15-13-37)27(28-21-44-30-7-5-4-6-25(30)32(28)38)19-31(45-34)33(39)35-12-10-22-20-36-29-9-8-23(40-2)18-26(22)29/h4-9,18-21,24,27,34,36-37H,3,10-17H2,1-2H3,(H,35,39)/t24-,27-,34+/m1/s1. The van der Waals surface area contributed by atoms with Crippen LogP contribution in [-0.2, 0) is 30.2 Å². The molecule has 0 fully saturated rings. The number of hydrogen-bond donors (Lipinski definition) is 3. The molecule has 0 radical (unpaired) electrons. The molecule has 3 heterocycles. The second-order valence-electron chi connectivity index (χ2n) is 10.6. The Morgan fingerprint density at radius 1 is 1.07 bits per heavy atom. The number of para-hydroxylation sites is 1. The van der Waals surface area contributed by atoms with Crippen LogP contribution in [0.3, 0.4) is 0 Å². The number of amides is 1. The molecule has 1 amide bonds. The van der Waals surface area contributed by atoms with Crippen LogP contribution in [0.5, 0.6) is 5.75 Å². The third kappa shape index (κ3) is 7.74. The molecule has 1 aliphatic rings. The van der Waals surface area contributed by atoms with E-state index in [0.29, 0.717) is 62.3 Å². The average Bonchev–Trinajstić information content (AvgIpc) is 3.47. The number of fused-ring (bicyclic) bond motifs is 2. The summed E-state index contributed by atoms with van der Waals surface area (Å²) in [4.78, 5) is 30.4. The van der Waals surface area contributed by atoms with Crippen LogP contribution >= 0.6 is 0 Å². The van der Waals surface area contributed by atoms with Crippen LogP contribution in [0.2, 0.25) is 0 Å². The van der Waals surface area contributed by atoms with E-state index in [2.05, 4.69) is 10.3 Å². The lowest BCUT2D eigenvalue weighted by Crippen LogP contribution is -2.40. The van der Waals surface area contributed by atoms with Crippen molar-refractivity contribution < 1.29 is 38.0 Å². The Bertz CT molecular complexity index is 1660. The van der Waals surface area contributed by atoms with Gasteiger partial charge in [0.1, 0.15) is 11.3 Å². The molecule has 0 unspecified atom stereocenters. The Hall–Kier alpha value is -4.16. The number of hydrogen-bond acceptors (Lipinski definition) is 9. The summed E-state index contributed by atoms with van der Waals surface area (Å²) in [6.07, 6.45) is 5.36. The Balaban J connectivity index is 1.36. The van der Waals surface area contributed by atoms with Gasteiger partial charge in [0.25, 0.3) is 5.91 Å². The molecule has 0 saturated carbocycles. The molecule has 2 aromatic heterocycles. The van der Waals surface area contributed by atoms with Gasteiger partial charge in [0.05, 0.1) is 45.2 Å². The van der Waals surface area contributed by atoms with Gasteiger partial charge in [-0.2, -0.15) is 0 Å². The van der Waals surface area contributed by atoms with Crippen LogP contribution < -0.4 is 15.5 Å². The predicted octanol–water partition coefficient (Wildman–Crippen LogP) is 4.03. The van der Waals surface area contributed by atoms with Crippen molar-refractivity contribution in [2.75, 3.05) is 53.3 Å². The third-order valence-corrected chi connectivity index (χ3v) is 7.86. The second kappa shape index (κ2) is 15.7. The number of allylic oxidation sites excluding steroid dienone is 1. The largest absolute Gasteiger partial charge is 0.497 e. The Morgan fingerprint density at radius 2 is 1.89 bits per heavy atom. The highest BCUT2D eigenvalue weighted by molar-refractivity contribution is 5.92. The molecular weight excluding hydrogens is 580 g/mol. The van der Waals surface area contributed by atoms with Gasteiger partial charge >= 0.3 is 0 Å². The molecule has 0 saturated heterocycles. The van der Waals surface area contributed by atoms with Crippen LogP contribution in [0, 0.1) is 5.92 Å². The van der Waals surface area contributed by atoms with Crippen molar-refractivity contribution in [3.8, 4) is 5.75 Å². The van der Waals surface area contributed by atoms with E-state index in [1.807, 2.05) is 37.4 Å². The number of rotatable bonds is 16. The topological polar surface area (TPSA) is 141 Å². The summed E-state index contributed by atoms with van der Waals surface area (Å²) < 4.78 is 34.4. The number of H-pyrrole nitrogens is 1. The van der Waals surface area contributed by atoms with Gasteiger partial charge in [-0.15, -0.1) is 0 Å². The molecule has 5 rings (SSSR count). The molecule has 0 aliphatic carbocycles. The minimum atomic E-state index is -0.799. The van der Waals surface area contributed by atoms with Crippen molar-refractivity contribution in [1.29, 1.82) is 0 Å². The van der Waals surface area contributed by atoms with E-state index in [4.69, 9.17) is 33.2 Å². The summed E-state index contributed by atoms with van der Waals surface area (Å²) in [6.45, 7) is 3.80. The molecule has 45 heavy (non-hydrogen) atoms. The van der Waals surface area contributed by atoms with E-state index in [9.17, 15) is 9.59 Å². The minimum Gasteiger partial charge on any atom is -0.497 e. The zero-order chi connectivity index (χ0) is 31.6. The Morgan fingerprint density at radius 3 is 2.69 bits per heavy atom. The monoisotopic (exact) mass is 620 g/mol. The SMILES string of the molecule is CCO[C@H]1OC(C(=O)NCCc2c[nH]c3ccc(OC)cc23)=C[C@@H](c2coc3ccccc3c2=O)[C@H]1CCOCCOCCO. The number of ether oxygens (including phenoxy) is 5. The van der Waals surface area contributed by atoms with Gasteiger partial charge in [0, 0.05) is 54.3 Å². The maximum Gasteiger partial charge on any atom is 0.286 e. The quantitative estimate of drug-likeness (QED) is 0.158. The fourth-order valence-corrected chi connectivity index (χ4v) is 5.61. The Labute approximate surface area is 261 Å². The first-order chi connectivity index (χ1) is 22.0. The molecule has 3 atom stereocenters. The number of aromatic amines is 1. The fourth-order valence-electron chi connectivity index (χ4n) is 5.61. The third-order valence-electron chi connectivity index (χ3n) is 7.86. The summed E-state index contributed by atoms with van der Waals surface area (Å²) in [5.41, 5.74) is 2.76. The highest BCUT2D eigenvalue weighted by Gasteiger charge is 2.39. The maximum atomic E-state index is 13.7. The molecule has 0 bridgehead atoms. The average molecular weight is 621 g/mol. The molecule has 4 aromatic rings. The van der Waals surface area contributed by atoms with Crippen LogP contribution in [0.4, 0.5) is 0 Å². The van der Waals surface area contributed by atoms with E-state index < -0.39 is 18.1 Å². The molecule has 3 N–H and O–H groups in total. The zero-order valence-electron chi connectivity index (χ0n) is 25.6. The smallest absolute Gasteiger partial charge is 0.286 e. The van der Waals surface area contributed by atoms with E-state index >= 15 is 0 Å². The summed E-state index contributed by atoms with van der Waals surface area (Å²) >= 11 is 0. The summed E-state index contributed by atoms with van der Waals surface area (Å²) in [6, 6.07) is 12.9. The van der Waals surface area contributed by atoms with Crippen LogP contribution in [0.25, 0.3) is 21.9 Å². The molecule has 0 spiro atoms. The number of aromatic nitrogens is 1. The lowest BCUT2D eigenvalue weighted by Gasteiger charge is -2.36. The first kappa shape index (κ1) is 32.2. The summed E-state index contributed by atoms with van der Waals surface area (Å²) in [7, 11) is 1.63. The van der Waals surface area contributed by atoms with Crippen molar-refractivity contribution in [1.82, 2.24) is 10.3 Å². The molecule has 11 nitrogen and oxygen atoms in total. The zero-order valence-corrected chi connectivity index (χ0v) is 25.6. The first-order valence-electron chi connectivity index (χ1n) is 15.2. The van der Waals surface area contributed by atoms with Gasteiger partial charge in [-0.25, -0.2) is 0 Å². The fraction of sp³-hybridized carbons (Fsp3) is 0.412. The Kier molecular flexibility index (Phi) is 11.3. The van der Waals surface area contributed by atoms with Crippen molar-refractivity contribution in [3.63, 3.8) is 0 Å². The molecule has 11 heteroatoms. The summed E-state index contributed by atoms with van der Waals surface area (Å²) in [5, 5.41) is 13.3. The number of carbonyl (C=O) groups excluding carboxylic acids is 1. The van der Waals surface area contributed by atoms with Gasteiger partial charge in [-0.05, 0) is 61.7 Å². The number of aliphatic hydroxyl groups is 1. The molecule has 2 aromatic carbocycles. The molecule has 240 valence electrons. The van der Waals surface area contributed by atoms with E-state index in [0.717, 1.165) is 22.2 Å². The normalized spacial score (nSPS) is 18.1. The number of methoxy groups -OCH3 is 1. The minimum absolute atomic E-state index is 0.0496. The van der Waals surface area contributed by atoms with Gasteiger partial charge in [-0.1, -0.05) is 12.1 Å². The van der Waals surface area contributed by atoms with Crippen LogP contribution in [-0.4, -0.2) is 75.6 Å². The van der Waals surface area contributed by atoms with Gasteiger partial charge in [0.2, 0.25) is 6.29 Å². The van der Waals surface area contributed by atoms with Crippen molar-refractivity contribution >= 4 is 27.8 Å². The second-order valence-corrected chi connectivity index (χ2v) is 10.6. The highest BCUT2D eigenvalue weighted by Crippen LogP contribution is 2.38. The molecule has 1 aliphatic heterocycles. The summed E-state index contributed by atoms with van der Waals surface area (Å²) in [5.74, 6) is -0.434. The van der Waals surface area contributed by atoms with Crippen molar-refractivity contribution in [3.05, 3.63) is 88.1 Å². The lowest BCUT2D eigenvalue weighted by molar-refractivity contribution is -0.168. The van der Waals surface area contributed by atoms with Crippen LogP contribution in [0.1, 0.15) is 30.4 Å². The van der Waals surface area contributed by atoms with E-state index in [1.54, 1.807) is 31.4 Å². The predicted molar refractivity (Wildman–Crippen MR) is 168 cm³/mol. The van der Waals surface area contributed by atoms with Crippen LogP contribution in [0.15, 0.2) is 76.0 Å². The van der Waals surface area contributed by atoms with Crippen molar-refractivity contribution in [2.45, 2.75) is 32.0 Å². The van der Waals surface area contributed by atoms with Crippen molar-refractivity contribution in [2.24, 2.45) is 5.92 Å². The van der Waals surface area contributed by atoms with Gasteiger partial charge in [-0.3, -0.25) is 9.59 Å². The highest BCUT2D eigenvalue weighted by atomic mass is 16.7. The van der Waals surface area contributed by atoms with E-state index in [1.165, 1.54) is 6.26 Å². The van der Waals surface area contributed by atoms with Gasteiger partial charge in [0.15, 0.2) is 11.2 Å². The lowest BCUT2D eigenvalue weighted by atomic mass is 9.81.